The van der Waals surface area contributed by atoms with E-state index in [9.17, 15) is 0 Å². The Morgan fingerprint density at radius 2 is 2.50 bits per heavy atom. The average Bonchev–Trinajstić information content (AvgIpc) is 2.64. The molecular weight excluding hydrogens is 216 g/mol. The highest BCUT2D eigenvalue weighted by Crippen LogP contribution is 2.25. The number of aromatic nitrogens is 1. The van der Waals surface area contributed by atoms with Gasteiger partial charge in [-0.15, -0.1) is 0 Å². The third kappa shape index (κ3) is 2.34. The first-order valence-corrected chi connectivity index (χ1v) is 6.25. The van der Waals surface area contributed by atoms with Crippen LogP contribution in [0.2, 0.25) is 5.15 Å². The molecule has 2 heterocycles. The number of hydrogen-bond acceptors (Lipinski definition) is 3. The van der Waals surface area contributed by atoms with Crippen molar-refractivity contribution in [1.82, 2.24) is 4.98 Å². The number of nitrogens with zero attached hydrogens (tertiary/aromatic N) is 1. The van der Waals surface area contributed by atoms with Crippen LogP contribution in [0.5, 0.6) is 0 Å². The number of thioether (sulfide) groups is 1. The molecule has 1 fully saturated rings. The van der Waals surface area contributed by atoms with E-state index >= 15 is 0 Å². The summed E-state index contributed by atoms with van der Waals surface area (Å²) in [5.74, 6) is 2.42. The zero-order valence-corrected chi connectivity index (χ0v) is 9.66. The summed E-state index contributed by atoms with van der Waals surface area (Å²) in [5, 5.41) is 4.01. The van der Waals surface area contributed by atoms with Gasteiger partial charge in [0.2, 0.25) is 0 Å². The molecule has 1 saturated heterocycles. The number of pyridine rings is 1. The predicted octanol–water partition coefficient (Wildman–Crippen LogP) is 2.96. The molecule has 1 aliphatic rings. The van der Waals surface area contributed by atoms with Gasteiger partial charge >= 0.3 is 0 Å². The van der Waals surface area contributed by atoms with E-state index in [1.807, 2.05) is 18.7 Å². The molecule has 1 aromatic heterocycles. The van der Waals surface area contributed by atoms with Gasteiger partial charge in [-0.05, 0) is 30.7 Å². The molecule has 1 aliphatic heterocycles. The fourth-order valence-electron chi connectivity index (χ4n) is 1.52. The van der Waals surface area contributed by atoms with Crippen molar-refractivity contribution in [3.63, 3.8) is 0 Å². The van der Waals surface area contributed by atoms with E-state index in [0.29, 0.717) is 11.2 Å². The topological polar surface area (TPSA) is 24.9 Å². The first kappa shape index (κ1) is 10.1. The van der Waals surface area contributed by atoms with Gasteiger partial charge in [0.1, 0.15) is 0 Å². The van der Waals surface area contributed by atoms with Crippen molar-refractivity contribution in [2.75, 3.05) is 16.8 Å². The maximum absolute atomic E-state index is 5.99. The second kappa shape index (κ2) is 4.41. The molecule has 0 saturated carbocycles. The number of rotatable bonds is 2. The Labute approximate surface area is 93.4 Å². The standard InChI is InChI=1S/C10H13ClN2S/c1-7-4-9(10(11)12-5-7)13-8-2-3-14-6-8/h4-5,8,13H,2-3,6H2,1H3. The lowest BCUT2D eigenvalue weighted by molar-refractivity contribution is 0.812. The monoisotopic (exact) mass is 228 g/mol. The van der Waals surface area contributed by atoms with Crippen LogP contribution >= 0.6 is 23.4 Å². The summed E-state index contributed by atoms with van der Waals surface area (Å²) in [5.41, 5.74) is 2.11. The van der Waals surface area contributed by atoms with Crippen molar-refractivity contribution in [3.8, 4) is 0 Å². The Morgan fingerprint density at radius 1 is 1.64 bits per heavy atom. The minimum atomic E-state index is 0.557. The van der Waals surface area contributed by atoms with Crippen LogP contribution in [0, 0.1) is 6.92 Å². The van der Waals surface area contributed by atoms with Gasteiger partial charge in [0.05, 0.1) is 5.69 Å². The Balaban J connectivity index is 2.10. The summed E-state index contributed by atoms with van der Waals surface area (Å²) in [7, 11) is 0. The summed E-state index contributed by atoms with van der Waals surface area (Å²) in [4.78, 5) is 4.12. The number of anilines is 1. The second-order valence-electron chi connectivity index (χ2n) is 3.56. The van der Waals surface area contributed by atoms with Gasteiger partial charge in [-0.1, -0.05) is 11.6 Å². The zero-order valence-electron chi connectivity index (χ0n) is 8.09. The van der Waals surface area contributed by atoms with Gasteiger partial charge < -0.3 is 5.32 Å². The summed E-state index contributed by atoms with van der Waals surface area (Å²) in [6, 6.07) is 2.61. The van der Waals surface area contributed by atoms with Crippen LogP contribution in [0.25, 0.3) is 0 Å². The highest BCUT2D eigenvalue weighted by atomic mass is 35.5. The minimum Gasteiger partial charge on any atom is -0.379 e. The van der Waals surface area contributed by atoms with Crippen molar-refractivity contribution in [3.05, 3.63) is 23.0 Å². The molecule has 1 N–H and O–H groups in total. The Morgan fingerprint density at radius 3 is 3.21 bits per heavy atom. The molecule has 76 valence electrons. The van der Waals surface area contributed by atoms with Crippen LogP contribution < -0.4 is 5.32 Å². The maximum Gasteiger partial charge on any atom is 0.152 e. The lowest BCUT2D eigenvalue weighted by Gasteiger charge is -2.13. The Kier molecular flexibility index (Phi) is 3.19. The molecule has 0 radical (unpaired) electrons. The van der Waals surface area contributed by atoms with Crippen molar-refractivity contribution < 1.29 is 0 Å². The van der Waals surface area contributed by atoms with Crippen molar-refractivity contribution in [2.45, 2.75) is 19.4 Å². The van der Waals surface area contributed by atoms with Crippen LogP contribution in [0.3, 0.4) is 0 Å². The van der Waals surface area contributed by atoms with Crippen LogP contribution in [0.1, 0.15) is 12.0 Å². The summed E-state index contributed by atoms with van der Waals surface area (Å²) < 4.78 is 0. The molecule has 0 spiro atoms. The van der Waals surface area contributed by atoms with E-state index in [1.54, 1.807) is 6.20 Å². The molecule has 2 rings (SSSR count). The average molecular weight is 229 g/mol. The number of nitrogens with one attached hydrogen (secondary N) is 1. The summed E-state index contributed by atoms with van der Waals surface area (Å²) in [6.45, 7) is 2.03. The quantitative estimate of drug-likeness (QED) is 0.788. The van der Waals surface area contributed by atoms with Gasteiger partial charge in [-0.25, -0.2) is 4.98 Å². The molecule has 4 heteroatoms. The van der Waals surface area contributed by atoms with Crippen molar-refractivity contribution in [1.29, 1.82) is 0 Å². The predicted molar refractivity (Wildman–Crippen MR) is 63.3 cm³/mol. The summed E-state index contributed by atoms with van der Waals surface area (Å²) in [6.07, 6.45) is 3.01. The van der Waals surface area contributed by atoms with Gasteiger partial charge in [-0.2, -0.15) is 11.8 Å². The van der Waals surface area contributed by atoms with Crippen LogP contribution in [-0.4, -0.2) is 22.5 Å². The molecular formula is C10H13ClN2S. The van der Waals surface area contributed by atoms with Crippen LogP contribution in [-0.2, 0) is 0 Å². The number of hydrogen-bond donors (Lipinski definition) is 1. The van der Waals surface area contributed by atoms with E-state index in [1.165, 1.54) is 17.9 Å². The molecule has 0 aliphatic carbocycles. The zero-order chi connectivity index (χ0) is 9.97. The van der Waals surface area contributed by atoms with Crippen molar-refractivity contribution >= 4 is 29.1 Å². The molecule has 0 bridgehead atoms. The third-order valence-electron chi connectivity index (χ3n) is 2.27. The molecule has 0 aromatic carbocycles. The Bertz CT molecular complexity index is 324. The second-order valence-corrected chi connectivity index (χ2v) is 5.06. The number of aryl methyl sites for hydroxylation is 1. The minimum absolute atomic E-state index is 0.557. The molecule has 14 heavy (non-hydrogen) atoms. The molecule has 1 atom stereocenters. The maximum atomic E-state index is 5.99. The lowest BCUT2D eigenvalue weighted by atomic mass is 10.2. The lowest BCUT2D eigenvalue weighted by Crippen LogP contribution is -2.18. The SMILES string of the molecule is Cc1cnc(Cl)c(NC2CCSC2)c1. The molecule has 2 nitrogen and oxygen atoms in total. The van der Waals surface area contributed by atoms with E-state index in [-0.39, 0.29) is 0 Å². The van der Waals surface area contributed by atoms with Gasteiger partial charge in [0, 0.05) is 18.0 Å². The van der Waals surface area contributed by atoms with Gasteiger partial charge in [0.25, 0.3) is 0 Å². The normalized spacial score (nSPS) is 21.1. The van der Waals surface area contributed by atoms with Crippen LogP contribution in [0.15, 0.2) is 12.3 Å². The fourth-order valence-corrected chi connectivity index (χ4v) is 2.83. The fraction of sp³-hybridized carbons (Fsp3) is 0.500. The van der Waals surface area contributed by atoms with Gasteiger partial charge in [-0.3, -0.25) is 0 Å². The largest absolute Gasteiger partial charge is 0.379 e. The van der Waals surface area contributed by atoms with Crippen LogP contribution in [0.4, 0.5) is 5.69 Å². The van der Waals surface area contributed by atoms with E-state index in [0.717, 1.165) is 11.3 Å². The van der Waals surface area contributed by atoms with E-state index in [2.05, 4.69) is 16.4 Å². The third-order valence-corrected chi connectivity index (χ3v) is 3.73. The van der Waals surface area contributed by atoms with E-state index < -0.39 is 0 Å². The first-order valence-electron chi connectivity index (χ1n) is 4.72. The van der Waals surface area contributed by atoms with Crippen molar-refractivity contribution in [2.24, 2.45) is 0 Å². The molecule has 1 aromatic rings. The summed E-state index contributed by atoms with van der Waals surface area (Å²) >= 11 is 7.98. The van der Waals surface area contributed by atoms with Gasteiger partial charge in [0.15, 0.2) is 5.15 Å². The smallest absolute Gasteiger partial charge is 0.152 e. The molecule has 0 amide bonds. The number of halogens is 1. The molecule has 1 unspecified atom stereocenters. The highest BCUT2D eigenvalue weighted by Gasteiger charge is 2.16. The first-order chi connectivity index (χ1) is 6.75. The Hall–Kier alpha value is -0.410. The van der Waals surface area contributed by atoms with E-state index in [4.69, 9.17) is 11.6 Å². The highest BCUT2D eigenvalue weighted by molar-refractivity contribution is 7.99.